The van der Waals surface area contributed by atoms with Crippen LogP contribution in [0, 0.1) is 5.21 Å². The summed E-state index contributed by atoms with van der Waals surface area (Å²) in [6, 6.07) is 13.1. The molecule has 9 nitrogen and oxygen atoms in total. The molecule has 0 radical (unpaired) electrons. The van der Waals surface area contributed by atoms with E-state index in [9.17, 15) is 10.0 Å². The Hall–Kier alpha value is -3.40. The number of para-hydroxylation sites is 2. The Bertz CT molecular complexity index is 972. The summed E-state index contributed by atoms with van der Waals surface area (Å²) >= 11 is 0. The Balaban J connectivity index is 1.59. The van der Waals surface area contributed by atoms with Crippen LogP contribution < -0.4 is 20.0 Å². The number of aromatic nitrogens is 2. The maximum absolute atomic E-state index is 12.6. The third kappa shape index (κ3) is 6.29. The van der Waals surface area contributed by atoms with Gasteiger partial charge >= 0.3 is 0 Å². The maximum atomic E-state index is 12.6. The van der Waals surface area contributed by atoms with E-state index in [4.69, 9.17) is 14.7 Å². The van der Waals surface area contributed by atoms with Gasteiger partial charge < -0.3 is 24.6 Å². The minimum Gasteiger partial charge on any atom is -0.595 e. The van der Waals surface area contributed by atoms with Crippen LogP contribution in [0.1, 0.15) is 20.3 Å². The third-order valence-electron chi connectivity index (χ3n) is 4.53. The molecule has 0 aliphatic rings. The van der Waals surface area contributed by atoms with E-state index in [0.29, 0.717) is 23.8 Å². The lowest BCUT2D eigenvalue weighted by Crippen LogP contribution is -2.99. The van der Waals surface area contributed by atoms with Crippen LogP contribution >= 0.6 is 0 Å². The fourth-order valence-electron chi connectivity index (χ4n) is 2.83. The first-order chi connectivity index (χ1) is 14.8. The zero-order chi connectivity index (χ0) is 22.3. The topological polar surface area (TPSA) is 113 Å². The first kappa shape index (κ1) is 22.3. The molecular weight excluding hydrogens is 400 g/mol. The molecule has 0 fully saturated rings. The van der Waals surface area contributed by atoms with Crippen molar-refractivity contribution in [3.63, 3.8) is 0 Å². The molecule has 3 aromatic rings. The molecule has 3 rings (SSSR count). The first-order valence-electron chi connectivity index (χ1n) is 9.88. The number of benzene rings is 2. The molecule has 1 heterocycles. The average Bonchev–Trinajstić information content (AvgIpc) is 3.26. The van der Waals surface area contributed by atoms with Crippen molar-refractivity contribution in [3.8, 4) is 17.2 Å². The summed E-state index contributed by atoms with van der Waals surface area (Å²) in [7, 11) is 0. The van der Waals surface area contributed by atoms with Crippen molar-refractivity contribution in [1.29, 1.82) is 0 Å². The SMILES string of the molecule is CC(C)(Oc1ccccc1Oc1ccc([NH+]([O-])O)cc1)C(=O)NCCCn1ccnc1. The number of nitrogens with one attached hydrogen (secondary N) is 2. The second-order valence-corrected chi connectivity index (χ2v) is 7.40. The Morgan fingerprint density at radius 3 is 2.55 bits per heavy atom. The summed E-state index contributed by atoms with van der Waals surface area (Å²) < 4.78 is 13.8. The highest BCUT2D eigenvalue weighted by Crippen LogP contribution is 2.33. The normalized spacial score (nSPS) is 12.3. The van der Waals surface area contributed by atoms with Gasteiger partial charge in [0, 0.05) is 37.6 Å². The van der Waals surface area contributed by atoms with Crippen LogP contribution in [-0.2, 0) is 11.3 Å². The minimum atomic E-state index is -1.12. The molecule has 0 aliphatic carbocycles. The molecule has 164 valence electrons. The quantitative estimate of drug-likeness (QED) is 0.339. The molecule has 31 heavy (non-hydrogen) atoms. The van der Waals surface area contributed by atoms with Gasteiger partial charge in [-0.3, -0.25) is 4.79 Å². The summed E-state index contributed by atoms with van der Waals surface area (Å²) in [4.78, 5) is 16.6. The summed E-state index contributed by atoms with van der Waals surface area (Å²) in [6.45, 7) is 4.66. The highest BCUT2D eigenvalue weighted by molar-refractivity contribution is 5.84. The molecule has 3 N–H and O–H groups in total. The van der Waals surface area contributed by atoms with Gasteiger partial charge in [0.1, 0.15) is 5.75 Å². The van der Waals surface area contributed by atoms with Gasteiger partial charge in [-0.05, 0) is 44.5 Å². The van der Waals surface area contributed by atoms with Crippen molar-refractivity contribution in [3.05, 3.63) is 72.5 Å². The van der Waals surface area contributed by atoms with Gasteiger partial charge in [0.2, 0.25) is 0 Å². The smallest absolute Gasteiger partial charge is 0.263 e. The Morgan fingerprint density at radius 2 is 1.90 bits per heavy atom. The van der Waals surface area contributed by atoms with Crippen molar-refractivity contribution < 1.29 is 24.7 Å². The number of carbonyl (C=O) groups is 1. The van der Waals surface area contributed by atoms with E-state index in [2.05, 4.69) is 10.3 Å². The molecule has 0 spiro atoms. The first-order valence-corrected chi connectivity index (χ1v) is 9.88. The van der Waals surface area contributed by atoms with E-state index < -0.39 is 10.8 Å². The van der Waals surface area contributed by atoms with Crippen LogP contribution in [0.3, 0.4) is 0 Å². The molecule has 1 aromatic heterocycles. The molecule has 1 atom stereocenters. The molecule has 0 saturated carbocycles. The fraction of sp³-hybridized carbons (Fsp3) is 0.273. The van der Waals surface area contributed by atoms with Crippen LogP contribution in [0.2, 0.25) is 0 Å². The summed E-state index contributed by atoms with van der Waals surface area (Å²) in [5.41, 5.74) is -0.954. The van der Waals surface area contributed by atoms with Gasteiger partial charge in [-0.25, -0.2) is 10.2 Å². The number of quaternary nitrogens is 1. The van der Waals surface area contributed by atoms with E-state index in [1.54, 1.807) is 62.8 Å². The number of imidazole rings is 1. The van der Waals surface area contributed by atoms with E-state index in [-0.39, 0.29) is 11.6 Å². The summed E-state index contributed by atoms with van der Waals surface area (Å²) in [6.07, 6.45) is 6.10. The van der Waals surface area contributed by atoms with Crippen LogP contribution in [0.4, 0.5) is 5.69 Å². The van der Waals surface area contributed by atoms with Crippen molar-refractivity contribution in [2.75, 3.05) is 6.54 Å². The zero-order valence-corrected chi connectivity index (χ0v) is 17.4. The standard InChI is InChI=1S/C22H26N4O5/c1-22(2,21(27)24-12-5-14-25-15-13-23-16-25)31-20-7-4-3-6-19(20)30-18-10-8-17(9-11-18)26(28)29/h3-4,6-11,13,15-16,26,28H,5,12,14H2,1-2H3,(H,24,27). The lowest BCUT2D eigenvalue weighted by molar-refractivity contribution is -0.991. The molecule has 1 amide bonds. The van der Waals surface area contributed by atoms with E-state index in [0.717, 1.165) is 13.0 Å². The van der Waals surface area contributed by atoms with Crippen LogP contribution in [0.5, 0.6) is 17.2 Å². The van der Waals surface area contributed by atoms with Crippen molar-refractivity contribution in [1.82, 2.24) is 14.9 Å². The maximum Gasteiger partial charge on any atom is 0.263 e. The van der Waals surface area contributed by atoms with Gasteiger partial charge in [-0.15, -0.1) is 0 Å². The average molecular weight is 426 g/mol. The van der Waals surface area contributed by atoms with Crippen molar-refractivity contribution in [2.24, 2.45) is 0 Å². The molecule has 0 saturated heterocycles. The number of ether oxygens (including phenoxy) is 2. The number of carbonyl (C=O) groups excluding carboxylic acids is 1. The highest BCUT2D eigenvalue weighted by Gasteiger charge is 2.30. The monoisotopic (exact) mass is 426 g/mol. The van der Waals surface area contributed by atoms with Crippen LogP contribution in [-0.4, -0.2) is 32.8 Å². The second-order valence-electron chi connectivity index (χ2n) is 7.40. The van der Waals surface area contributed by atoms with Crippen LogP contribution in [0.15, 0.2) is 67.3 Å². The van der Waals surface area contributed by atoms with Crippen molar-refractivity contribution in [2.45, 2.75) is 32.4 Å². The zero-order valence-electron chi connectivity index (χ0n) is 17.4. The minimum absolute atomic E-state index is 0.169. The van der Waals surface area contributed by atoms with Gasteiger partial charge in [0.25, 0.3) is 5.91 Å². The number of amides is 1. The number of nitrogens with zero attached hydrogens (tertiary/aromatic N) is 2. The van der Waals surface area contributed by atoms with Crippen molar-refractivity contribution >= 4 is 11.6 Å². The van der Waals surface area contributed by atoms with Gasteiger partial charge in [0.05, 0.1) is 6.33 Å². The summed E-state index contributed by atoms with van der Waals surface area (Å²) in [5.74, 6) is 1.05. The number of hydrogen-bond acceptors (Lipinski definition) is 6. The predicted molar refractivity (Wildman–Crippen MR) is 113 cm³/mol. The highest BCUT2D eigenvalue weighted by atomic mass is 16.8. The fourth-order valence-corrected chi connectivity index (χ4v) is 2.83. The van der Waals surface area contributed by atoms with Gasteiger partial charge in [-0.2, -0.15) is 5.23 Å². The lowest BCUT2D eigenvalue weighted by Gasteiger charge is -2.26. The third-order valence-corrected chi connectivity index (χ3v) is 4.53. The van der Waals surface area contributed by atoms with Gasteiger partial charge in [-0.1, -0.05) is 12.1 Å². The largest absolute Gasteiger partial charge is 0.595 e. The molecule has 2 aromatic carbocycles. The molecule has 1 unspecified atom stereocenters. The number of hydrogen-bond donors (Lipinski definition) is 3. The van der Waals surface area contributed by atoms with Crippen LogP contribution in [0.25, 0.3) is 0 Å². The van der Waals surface area contributed by atoms with Gasteiger partial charge in [0.15, 0.2) is 22.8 Å². The van der Waals surface area contributed by atoms with E-state index >= 15 is 0 Å². The number of aryl methyl sites for hydroxylation is 1. The lowest BCUT2D eigenvalue weighted by atomic mass is 10.1. The molecule has 0 bridgehead atoms. The Labute approximate surface area is 180 Å². The Morgan fingerprint density at radius 1 is 1.19 bits per heavy atom. The number of rotatable bonds is 10. The van der Waals surface area contributed by atoms with E-state index in [1.807, 2.05) is 10.8 Å². The summed E-state index contributed by atoms with van der Waals surface area (Å²) in [5, 5.41) is 21.9. The molecule has 9 heteroatoms. The predicted octanol–water partition coefficient (Wildman–Crippen LogP) is 2.44. The molecule has 0 aliphatic heterocycles. The Kier molecular flexibility index (Phi) is 7.24. The molecular formula is C22H26N4O5. The second kappa shape index (κ2) is 10.1. The van der Waals surface area contributed by atoms with E-state index in [1.165, 1.54) is 12.1 Å².